The maximum Gasteiger partial charge on any atom is 0.305 e. The van der Waals surface area contributed by atoms with Gasteiger partial charge in [0.05, 0.1) is 24.4 Å². The number of aliphatic carboxylic acids is 1. The highest BCUT2D eigenvalue weighted by Gasteiger charge is 2.24. The molecular formula is C13H19N3O4S. The first-order valence-electron chi connectivity index (χ1n) is 6.44. The van der Waals surface area contributed by atoms with Gasteiger partial charge >= 0.3 is 5.97 Å². The number of hydrogen-bond donors (Lipinski definition) is 2. The van der Waals surface area contributed by atoms with Gasteiger partial charge in [0, 0.05) is 13.0 Å². The van der Waals surface area contributed by atoms with Crippen LogP contribution >= 0.6 is 0 Å². The number of hydrogen-bond acceptors (Lipinski definition) is 4. The van der Waals surface area contributed by atoms with Gasteiger partial charge in [-0.25, -0.2) is 13.1 Å². The fourth-order valence-electron chi connectivity index (χ4n) is 1.93. The molecule has 0 aliphatic carbocycles. The summed E-state index contributed by atoms with van der Waals surface area (Å²) >= 11 is 0. The molecule has 1 heterocycles. The van der Waals surface area contributed by atoms with E-state index in [1.807, 2.05) is 0 Å². The van der Waals surface area contributed by atoms with E-state index in [0.717, 1.165) is 0 Å². The van der Waals surface area contributed by atoms with E-state index in [1.165, 1.54) is 4.68 Å². The second-order valence-corrected chi connectivity index (χ2v) is 6.15. The van der Waals surface area contributed by atoms with Gasteiger partial charge in [-0.2, -0.15) is 5.10 Å². The molecule has 0 aromatic carbocycles. The summed E-state index contributed by atoms with van der Waals surface area (Å²) in [6, 6.07) is 0. The zero-order valence-electron chi connectivity index (χ0n) is 12.3. The molecule has 0 radical (unpaired) electrons. The van der Waals surface area contributed by atoms with Gasteiger partial charge in [0.15, 0.2) is 0 Å². The SMILES string of the molecule is CC#CCCNS(=O)(=O)c1c(C)nn(CCC(=O)O)c1C. The van der Waals surface area contributed by atoms with Crippen molar-refractivity contribution in [3.05, 3.63) is 11.4 Å². The largest absolute Gasteiger partial charge is 0.481 e. The number of aromatic nitrogens is 2. The number of aryl methyl sites for hydroxylation is 2. The normalized spacial score (nSPS) is 11.0. The highest BCUT2D eigenvalue weighted by atomic mass is 32.2. The average Bonchev–Trinajstić information content (AvgIpc) is 2.67. The Morgan fingerprint density at radius 1 is 1.43 bits per heavy atom. The number of rotatable bonds is 7. The van der Waals surface area contributed by atoms with Crippen molar-refractivity contribution >= 4 is 16.0 Å². The van der Waals surface area contributed by atoms with Crippen LogP contribution in [0.1, 0.15) is 31.2 Å². The first-order valence-corrected chi connectivity index (χ1v) is 7.93. The lowest BCUT2D eigenvalue weighted by Crippen LogP contribution is -2.25. The molecule has 0 aliphatic rings. The fraction of sp³-hybridized carbons (Fsp3) is 0.538. The van der Waals surface area contributed by atoms with Crippen LogP contribution in [0.15, 0.2) is 4.90 Å². The molecule has 2 N–H and O–H groups in total. The van der Waals surface area contributed by atoms with Gasteiger partial charge in [0.1, 0.15) is 4.90 Å². The fourth-order valence-corrected chi connectivity index (χ4v) is 3.37. The molecule has 0 saturated heterocycles. The molecule has 1 rings (SSSR count). The monoisotopic (exact) mass is 313 g/mol. The van der Waals surface area contributed by atoms with Crippen molar-refractivity contribution in [3.63, 3.8) is 0 Å². The summed E-state index contributed by atoms with van der Waals surface area (Å²) in [6.07, 6.45) is 0.321. The van der Waals surface area contributed by atoms with Crippen molar-refractivity contribution in [2.24, 2.45) is 0 Å². The number of carboxylic acids is 1. The van der Waals surface area contributed by atoms with Gasteiger partial charge in [-0.3, -0.25) is 9.48 Å². The van der Waals surface area contributed by atoms with E-state index in [1.54, 1.807) is 20.8 Å². The van der Waals surface area contributed by atoms with Crippen LogP contribution in [0.5, 0.6) is 0 Å². The lowest BCUT2D eigenvalue weighted by atomic mass is 10.4. The molecule has 0 spiro atoms. The molecule has 8 heteroatoms. The van der Waals surface area contributed by atoms with Crippen LogP contribution in [-0.4, -0.2) is 35.8 Å². The molecule has 0 fully saturated rings. The summed E-state index contributed by atoms with van der Waals surface area (Å²) in [5, 5.41) is 12.8. The Kier molecular flexibility index (Phi) is 5.93. The van der Waals surface area contributed by atoms with Crippen molar-refractivity contribution in [1.82, 2.24) is 14.5 Å². The highest BCUT2D eigenvalue weighted by molar-refractivity contribution is 7.89. The lowest BCUT2D eigenvalue weighted by molar-refractivity contribution is -0.137. The molecule has 21 heavy (non-hydrogen) atoms. The van der Waals surface area contributed by atoms with Crippen molar-refractivity contribution in [3.8, 4) is 11.8 Å². The first-order chi connectivity index (χ1) is 9.79. The molecule has 116 valence electrons. The number of nitrogens with zero attached hydrogens (tertiary/aromatic N) is 2. The molecule has 0 saturated carbocycles. The van der Waals surface area contributed by atoms with Crippen molar-refractivity contribution in [1.29, 1.82) is 0 Å². The minimum atomic E-state index is -3.67. The smallest absolute Gasteiger partial charge is 0.305 e. The highest BCUT2D eigenvalue weighted by Crippen LogP contribution is 2.19. The Morgan fingerprint density at radius 2 is 2.10 bits per heavy atom. The van der Waals surface area contributed by atoms with Gasteiger partial charge in [0.2, 0.25) is 10.0 Å². The van der Waals surface area contributed by atoms with Gasteiger partial charge < -0.3 is 5.11 Å². The topological polar surface area (TPSA) is 101 Å². The molecule has 0 bridgehead atoms. The van der Waals surface area contributed by atoms with Crippen LogP contribution in [-0.2, 0) is 21.4 Å². The molecule has 0 unspecified atom stereocenters. The third-order valence-electron chi connectivity index (χ3n) is 2.84. The van der Waals surface area contributed by atoms with E-state index in [2.05, 4.69) is 21.7 Å². The predicted octanol–water partition coefficient (Wildman–Crippen LogP) is 0.666. The Labute approximate surface area is 124 Å². The van der Waals surface area contributed by atoms with Gasteiger partial charge in [0.25, 0.3) is 0 Å². The zero-order valence-corrected chi connectivity index (χ0v) is 13.1. The minimum Gasteiger partial charge on any atom is -0.481 e. The molecule has 1 aromatic heterocycles. The summed E-state index contributed by atoms with van der Waals surface area (Å²) in [5.74, 6) is 4.51. The maximum absolute atomic E-state index is 12.3. The van der Waals surface area contributed by atoms with Crippen LogP contribution in [0, 0.1) is 25.7 Å². The lowest BCUT2D eigenvalue weighted by Gasteiger charge is -2.06. The van der Waals surface area contributed by atoms with E-state index in [9.17, 15) is 13.2 Å². The second-order valence-electron chi connectivity index (χ2n) is 4.44. The molecule has 7 nitrogen and oxygen atoms in total. The van der Waals surface area contributed by atoms with Gasteiger partial charge in [-0.15, -0.1) is 11.8 Å². The number of nitrogens with one attached hydrogen (secondary N) is 1. The van der Waals surface area contributed by atoms with Gasteiger partial charge in [-0.1, -0.05) is 0 Å². The Balaban J connectivity index is 2.95. The Morgan fingerprint density at radius 3 is 2.67 bits per heavy atom. The third kappa shape index (κ3) is 4.58. The van der Waals surface area contributed by atoms with E-state index >= 15 is 0 Å². The second kappa shape index (κ2) is 7.24. The van der Waals surface area contributed by atoms with E-state index in [4.69, 9.17) is 5.11 Å². The number of carbonyl (C=O) groups is 1. The van der Waals surface area contributed by atoms with Crippen LogP contribution in [0.3, 0.4) is 0 Å². The van der Waals surface area contributed by atoms with Crippen LogP contribution < -0.4 is 4.72 Å². The summed E-state index contributed by atoms with van der Waals surface area (Å²) in [4.78, 5) is 10.7. The number of sulfonamides is 1. The van der Waals surface area contributed by atoms with E-state index in [-0.39, 0.29) is 24.4 Å². The molecular weight excluding hydrogens is 294 g/mol. The number of carboxylic acid groups (broad SMARTS) is 1. The summed E-state index contributed by atoms with van der Waals surface area (Å²) in [7, 11) is -3.67. The van der Waals surface area contributed by atoms with Gasteiger partial charge in [-0.05, 0) is 20.8 Å². The zero-order chi connectivity index (χ0) is 16.0. The van der Waals surface area contributed by atoms with Crippen LogP contribution in [0.4, 0.5) is 0 Å². The quantitative estimate of drug-likeness (QED) is 0.569. The van der Waals surface area contributed by atoms with Crippen LogP contribution in [0.25, 0.3) is 0 Å². The molecule has 0 aliphatic heterocycles. The maximum atomic E-state index is 12.3. The summed E-state index contributed by atoms with van der Waals surface area (Å²) < 4.78 is 28.4. The van der Waals surface area contributed by atoms with Crippen molar-refractivity contribution in [2.75, 3.05) is 6.54 Å². The Bertz CT molecular complexity index is 680. The third-order valence-corrected chi connectivity index (χ3v) is 4.55. The van der Waals surface area contributed by atoms with E-state index in [0.29, 0.717) is 17.8 Å². The van der Waals surface area contributed by atoms with Crippen molar-refractivity contribution < 1.29 is 18.3 Å². The predicted molar refractivity (Wildman–Crippen MR) is 77.2 cm³/mol. The molecule has 0 amide bonds. The molecule has 1 aromatic rings. The van der Waals surface area contributed by atoms with Crippen molar-refractivity contribution in [2.45, 2.75) is 45.1 Å². The molecule has 0 atom stereocenters. The standard InChI is InChI=1S/C13H19N3O4S/c1-4-5-6-8-14-21(19,20)13-10(2)15-16(11(13)3)9-7-12(17)18/h14H,6-9H2,1-3H3,(H,17,18). The summed E-state index contributed by atoms with van der Waals surface area (Å²) in [6.45, 7) is 5.25. The van der Waals surface area contributed by atoms with E-state index < -0.39 is 16.0 Å². The average molecular weight is 313 g/mol. The Hall–Kier alpha value is -1.85. The van der Waals surface area contributed by atoms with Crippen LogP contribution in [0.2, 0.25) is 0 Å². The summed E-state index contributed by atoms with van der Waals surface area (Å²) in [5.41, 5.74) is 0.787. The first kappa shape index (κ1) is 17.2. The minimum absolute atomic E-state index is 0.109.